The lowest BCUT2D eigenvalue weighted by atomic mass is 10.1. The third kappa shape index (κ3) is 4.41. The summed E-state index contributed by atoms with van der Waals surface area (Å²) in [5.74, 6) is -0.298. The monoisotopic (exact) mass is 376 g/mol. The van der Waals surface area contributed by atoms with Gasteiger partial charge in [-0.1, -0.05) is 0 Å². The average molecular weight is 376 g/mol. The fourth-order valence-electron chi connectivity index (χ4n) is 2.77. The van der Waals surface area contributed by atoms with Crippen LogP contribution < -0.4 is 10.6 Å². The van der Waals surface area contributed by atoms with Gasteiger partial charge in [-0.05, 0) is 12.1 Å². The number of carbonyl (C=O) groups excluding carboxylic acids is 1. The van der Waals surface area contributed by atoms with Crippen LogP contribution in [0.2, 0.25) is 0 Å². The van der Waals surface area contributed by atoms with E-state index >= 15 is 0 Å². The first kappa shape index (κ1) is 19.9. The Bertz CT molecular complexity index is 675. The quantitative estimate of drug-likeness (QED) is 0.613. The molecule has 0 saturated carbocycles. The second kappa shape index (κ2) is 7.87. The molecule has 1 aromatic rings. The van der Waals surface area contributed by atoms with Crippen molar-refractivity contribution in [1.29, 1.82) is 0 Å². The predicted octanol–water partition coefficient (Wildman–Crippen LogP) is 1.24. The Balaban J connectivity index is 2.14. The maximum Gasteiger partial charge on any atom is 0.416 e. The standard InChI is InChI=1S/C15H19F3N4O4/c1-26-9-11(19)14(23)21-6-4-20(5-7-21)12-3-2-10(15(16,17)18)8-13(12)22(24)25/h2-3,8,11H,4-7,9,19H2,1H3. The number of carbonyl (C=O) groups is 1. The third-order valence-electron chi connectivity index (χ3n) is 4.09. The van der Waals surface area contributed by atoms with Gasteiger partial charge in [-0.2, -0.15) is 13.2 Å². The highest BCUT2D eigenvalue weighted by Crippen LogP contribution is 2.36. The van der Waals surface area contributed by atoms with Crippen LogP contribution in [0.25, 0.3) is 0 Å². The number of nitrogens with zero attached hydrogens (tertiary/aromatic N) is 3. The first-order valence-corrected chi connectivity index (χ1v) is 7.79. The van der Waals surface area contributed by atoms with Gasteiger partial charge in [0.05, 0.1) is 17.1 Å². The minimum Gasteiger partial charge on any atom is -0.383 e. The van der Waals surface area contributed by atoms with E-state index in [0.29, 0.717) is 6.07 Å². The molecule has 1 aromatic carbocycles. The molecule has 0 spiro atoms. The first-order chi connectivity index (χ1) is 12.1. The van der Waals surface area contributed by atoms with Crippen molar-refractivity contribution in [3.8, 4) is 0 Å². The number of nitro groups is 1. The maximum atomic E-state index is 12.8. The molecule has 0 aromatic heterocycles. The van der Waals surface area contributed by atoms with Gasteiger partial charge in [0.25, 0.3) is 5.69 Å². The number of ether oxygens (including phenoxy) is 1. The molecule has 0 bridgehead atoms. The lowest BCUT2D eigenvalue weighted by molar-refractivity contribution is -0.384. The van der Waals surface area contributed by atoms with Crippen molar-refractivity contribution in [3.05, 3.63) is 33.9 Å². The van der Waals surface area contributed by atoms with E-state index in [-0.39, 0.29) is 44.4 Å². The lowest BCUT2D eigenvalue weighted by Crippen LogP contribution is -2.54. The van der Waals surface area contributed by atoms with Crippen molar-refractivity contribution in [1.82, 2.24) is 4.90 Å². The summed E-state index contributed by atoms with van der Waals surface area (Å²) in [5, 5.41) is 11.2. The molecule has 1 fully saturated rings. The number of hydrogen-bond acceptors (Lipinski definition) is 6. The van der Waals surface area contributed by atoms with E-state index in [9.17, 15) is 28.1 Å². The van der Waals surface area contributed by atoms with Gasteiger partial charge >= 0.3 is 6.18 Å². The summed E-state index contributed by atoms with van der Waals surface area (Å²) in [7, 11) is 1.43. The van der Waals surface area contributed by atoms with Crippen molar-refractivity contribution in [2.24, 2.45) is 5.73 Å². The summed E-state index contributed by atoms with van der Waals surface area (Å²) >= 11 is 0. The minimum absolute atomic E-state index is 0.0728. The number of alkyl halides is 3. The largest absolute Gasteiger partial charge is 0.416 e. The molecule has 26 heavy (non-hydrogen) atoms. The summed E-state index contributed by atoms with van der Waals surface area (Å²) in [6, 6.07) is 1.64. The normalized spacial score (nSPS) is 16.5. The molecule has 2 N–H and O–H groups in total. The van der Waals surface area contributed by atoms with Crippen molar-refractivity contribution >= 4 is 17.3 Å². The van der Waals surface area contributed by atoms with Gasteiger partial charge in [0, 0.05) is 39.4 Å². The van der Waals surface area contributed by atoms with Crippen LogP contribution in [-0.4, -0.2) is 61.7 Å². The molecule has 0 aliphatic carbocycles. The molecule has 1 aliphatic heterocycles. The number of nitrogens with two attached hydrogens (primary N) is 1. The number of methoxy groups -OCH3 is 1. The summed E-state index contributed by atoms with van der Waals surface area (Å²) in [4.78, 5) is 25.6. The van der Waals surface area contributed by atoms with Crippen molar-refractivity contribution in [2.75, 3.05) is 44.8 Å². The van der Waals surface area contributed by atoms with Gasteiger partial charge in [0.1, 0.15) is 11.7 Å². The Morgan fingerprint density at radius 2 is 1.96 bits per heavy atom. The van der Waals surface area contributed by atoms with Crippen LogP contribution in [0.4, 0.5) is 24.5 Å². The summed E-state index contributed by atoms with van der Waals surface area (Å²) in [6.45, 7) is 1.08. The number of rotatable bonds is 5. The van der Waals surface area contributed by atoms with E-state index in [1.165, 1.54) is 12.0 Å². The van der Waals surface area contributed by atoms with Gasteiger partial charge < -0.3 is 20.3 Å². The second-order valence-electron chi connectivity index (χ2n) is 5.83. The Hall–Kier alpha value is -2.40. The van der Waals surface area contributed by atoms with E-state index < -0.39 is 28.4 Å². The van der Waals surface area contributed by atoms with E-state index in [1.54, 1.807) is 4.90 Å². The molecule has 1 saturated heterocycles. The molecule has 1 aliphatic rings. The molecule has 2 rings (SSSR count). The fourth-order valence-corrected chi connectivity index (χ4v) is 2.77. The zero-order valence-corrected chi connectivity index (χ0v) is 14.0. The van der Waals surface area contributed by atoms with Crippen molar-refractivity contribution in [3.63, 3.8) is 0 Å². The lowest BCUT2D eigenvalue weighted by Gasteiger charge is -2.36. The summed E-state index contributed by atoms with van der Waals surface area (Å²) in [5.41, 5.74) is 4.10. The molecule has 1 heterocycles. The average Bonchev–Trinajstić information content (AvgIpc) is 2.60. The van der Waals surface area contributed by atoms with E-state index in [4.69, 9.17) is 10.5 Å². The molecule has 144 valence electrons. The Labute approximate surface area is 147 Å². The Kier molecular flexibility index (Phi) is 6.03. The number of nitro benzene ring substituents is 1. The van der Waals surface area contributed by atoms with Crippen LogP contribution in [0.5, 0.6) is 0 Å². The zero-order valence-electron chi connectivity index (χ0n) is 14.0. The van der Waals surface area contributed by atoms with Crippen LogP contribution in [0, 0.1) is 10.1 Å². The molecule has 0 radical (unpaired) electrons. The van der Waals surface area contributed by atoms with E-state index in [1.807, 2.05) is 0 Å². The second-order valence-corrected chi connectivity index (χ2v) is 5.83. The van der Waals surface area contributed by atoms with Gasteiger partial charge in [0.2, 0.25) is 5.91 Å². The Morgan fingerprint density at radius 1 is 1.35 bits per heavy atom. The number of benzene rings is 1. The van der Waals surface area contributed by atoms with Crippen LogP contribution in [0.1, 0.15) is 5.56 Å². The molecule has 1 amide bonds. The fraction of sp³-hybridized carbons (Fsp3) is 0.533. The maximum absolute atomic E-state index is 12.8. The molecule has 11 heteroatoms. The van der Waals surface area contributed by atoms with Gasteiger partial charge in [-0.15, -0.1) is 0 Å². The predicted molar refractivity (Wildman–Crippen MR) is 86.7 cm³/mol. The van der Waals surface area contributed by atoms with E-state index in [0.717, 1.165) is 12.1 Å². The number of halogens is 3. The van der Waals surface area contributed by atoms with Crippen LogP contribution >= 0.6 is 0 Å². The zero-order chi connectivity index (χ0) is 19.5. The van der Waals surface area contributed by atoms with Crippen molar-refractivity contribution in [2.45, 2.75) is 12.2 Å². The molecule has 8 nitrogen and oxygen atoms in total. The smallest absolute Gasteiger partial charge is 0.383 e. The minimum atomic E-state index is -4.66. The van der Waals surface area contributed by atoms with Crippen LogP contribution in [-0.2, 0) is 15.7 Å². The van der Waals surface area contributed by atoms with Crippen LogP contribution in [0.15, 0.2) is 18.2 Å². The molecular weight excluding hydrogens is 357 g/mol. The van der Waals surface area contributed by atoms with Gasteiger partial charge in [-0.25, -0.2) is 0 Å². The molecular formula is C15H19F3N4O4. The number of hydrogen-bond donors (Lipinski definition) is 1. The number of piperazine rings is 1. The number of amides is 1. The Morgan fingerprint density at radius 3 is 2.46 bits per heavy atom. The SMILES string of the molecule is COCC(N)C(=O)N1CCN(c2ccc(C(F)(F)F)cc2[N+](=O)[O-])CC1. The third-order valence-corrected chi connectivity index (χ3v) is 4.09. The van der Waals surface area contributed by atoms with Crippen LogP contribution in [0.3, 0.4) is 0 Å². The van der Waals surface area contributed by atoms with Gasteiger partial charge in [-0.3, -0.25) is 14.9 Å². The topological polar surface area (TPSA) is 102 Å². The molecule has 1 unspecified atom stereocenters. The van der Waals surface area contributed by atoms with E-state index in [2.05, 4.69) is 0 Å². The van der Waals surface area contributed by atoms with Gasteiger partial charge in [0.15, 0.2) is 0 Å². The highest BCUT2D eigenvalue weighted by molar-refractivity contribution is 5.82. The highest BCUT2D eigenvalue weighted by atomic mass is 19.4. The highest BCUT2D eigenvalue weighted by Gasteiger charge is 2.34. The first-order valence-electron chi connectivity index (χ1n) is 7.79. The number of anilines is 1. The molecule has 1 atom stereocenters. The summed E-state index contributed by atoms with van der Waals surface area (Å²) in [6.07, 6.45) is -4.66. The van der Waals surface area contributed by atoms with Crippen molar-refractivity contribution < 1.29 is 27.6 Å². The summed E-state index contributed by atoms with van der Waals surface area (Å²) < 4.78 is 43.2.